The number of carboxylic acid groups (broad SMARTS) is 2. The molecule has 0 saturated carbocycles. The van der Waals surface area contributed by atoms with Crippen molar-refractivity contribution in [1.82, 2.24) is 0 Å². The molecule has 0 aliphatic carbocycles. The predicted molar refractivity (Wildman–Crippen MR) is 58.7 cm³/mol. The van der Waals surface area contributed by atoms with E-state index in [1.54, 1.807) is 0 Å². The lowest BCUT2D eigenvalue weighted by Crippen LogP contribution is -2.40. The summed E-state index contributed by atoms with van der Waals surface area (Å²) in [4.78, 5) is 39.7. The second-order valence-corrected chi connectivity index (χ2v) is 7.11. The van der Waals surface area contributed by atoms with Crippen molar-refractivity contribution in [1.29, 1.82) is 0 Å². The average molecular weight is 268 g/mol. The van der Waals surface area contributed by atoms with Crippen molar-refractivity contribution in [2.24, 2.45) is 5.41 Å². The molecule has 0 rings (SSSR count). The van der Waals surface area contributed by atoms with Gasteiger partial charge in [0.1, 0.15) is 0 Å². The summed E-state index contributed by atoms with van der Waals surface area (Å²) in [5, 5.41) is 15.3. The summed E-state index contributed by atoms with van der Waals surface area (Å²) in [6.07, 6.45) is -0.790. The summed E-state index contributed by atoms with van der Waals surface area (Å²) in [7, 11) is -4.88. The van der Waals surface area contributed by atoms with E-state index < -0.39 is 36.5 Å². The number of hydrogen-bond donors (Lipinski definition) is 4. The van der Waals surface area contributed by atoms with Gasteiger partial charge in [0.2, 0.25) is 0 Å². The van der Waals surface area contributed by atoms with Crippen LogP contribution in [0.25, 0.3) is 0 Å². The van der Waals surface area contributed by atoms with Crippen molar-refractivity contribution in [3.05, 3.63) is 0 Å². The van der Waals surface area contributed by atoms with Gasteiger partial charge in [0.15, 0.2) is 5.16 Å². The van der Waals surface area contributed by atoms with Gasteiger partial charge in [-0.2, -0.15) is 0 Å². The fraction of sp³-hybridized carbons (Fsp3) is 0.778. The van der Waals surface area contributed by atoms with Crippen LogP contribution in [0, 0.1) is 5.41 Å². The second-order valence-electron chi connectivity index (χ2n) is 5.03. The minimum Gasteiger partial charge on any atom is -0.481 e. The Morgan fingerprint density at radius 1 is 1.12 bits per heavy atom. The molecule has 100 valence electrons. The average Bonchev–Trinajstić information content (AvgIpc) is 1.96. The maximum Gasteiger partial charge on any atom is 0.342 e. The molecule has 0 saturated heterocycles. The zero-order chi connectivity index (χ0) is 14.1. The molecule has 7 nitrogen and oxygen atoms in total. The summed E-state index contributed by atoms with van der Waals surface area (Å²) >= 11 is 0. The van der Waals surface area contributed by atoms with E-state index >= 15 is 0 Å². The van der Waals surface area contributed by atoms with E-state index in [-0.39, 0.29) is 6.42 Å². The first-order chi connectivity index (χ1) is 7.32. The number of rotatable bonds is 6. The van der Waals surface area contributed by atoms with E-state index in [0.29, 0.717) is 0 Å². The standard InChI is InChI=1S/C9H17O7P/c1-8(2,4-6(10)11)5-9(3,7(12)13)17(14,15)16/h4-5H2,1-3H3,(H,10,11)(H,12,13)(H2,14,15,16). The summed E-state index contributed by atoms with van der Waals surface area (Å²) in [6, 6.07) is 0. The summed E-state index contributed by atoms with van der Waals surface area (Å²) in [5.74, 6) is -2.78. The van der Waals surface area contributed by atoms with Crippen LogP contribution in [-0.2, 0) is 14.2 Å². The molecule has 0 fully saturated rings. The third-order valence-electron chi connectivity index (χ3n) is 2.56. The molecule has 0 amide bonds. The van der Waals surface area contributed by atoms with Gasteiger partial charge in [0, 0.05) is 0 Å². The van der Waals surface area contributed by atoms with Crippen LogP contribution < -0.4 is 0 Å². The van der Waals surface area contributed by atoms with Gasteiger partial charge in [0.05, 0.1) is 6.42 Å². The lowest BCUT2D eigenvalue weighted by molar-refractivity contribution is -0.144. The van der Waals surface area contributed by atoms with Gasteiger partial charge >= 0.3 is 19.5 Å². The fourth-order valence-corrected chi connectivity index (χ4v) is 2.59. The Balaban J connectivity index is 5.23. The van der Waals surface area contributed by atoms with Crippen LogP contribution in [0.1, 0.15) is 33.6 Å². The topological polar surface area (TPSA) is 132 Å². The van der Waals surface area contributed by atoms with E-state index in [2.05, 4.69) is 0 Å². The largest absolute Gasteiger partial charge is 0.481 e. The van der Waals surface area contributed by atoms with Gasteiger partial charge in [-0.25, -0.2) is 0 Å². The third-order valence-corrected chi connectivity index (χ3v) is 4.19. The predicted octanol–water partition coefficient (Wildman–Crippen LogP) is 0.898. The number of aliphatic carboxylic acids is 2. The number of hydrogen-bond acceptors (Lipinski definition) is 3. The highest BCUT2D eigenvalue weighted by atomic mass is 31.2. The Morgan fingerprint density at radius 2 is 1.53 bits per heavy atom. The van der Waals surface area contributed by atoms with E-state index in [1.165, 1.54) is 13.8 Å². The second kappa shape index (κ2) is 4.76. The molecule has 0 aromatic heterocycles. The maximum atomic E-state index is 11.2. The lowest BCUT2D eigenvalue weighted by Gasteiger charge is -2.33. The molecule has 1 unspecified atom stereocenters. The Kier molecular flexibility index (Phi) is 4.50. The minimum absolute atomic E-state index is 0.365. The number of carboxylic acids is 2. The highest BCUT2D eigenvalue weighted by Gasteiger charge is 2.52. The number of carbonyl (C=O) groups is 2. The first-order valence-electron chi connectivity index (χ1n) is 4.83. The lowest BCUT2D eigenvalue weighted by atomic mass is 9.80. The Hall–Kier alpha value is -0.910. The van der Waals surface area contributed by atoms with Crippen LogP contribution in [0.4, 0.5) is 0 Å². The van der Waals surface area contributed by atoms with Crippen molar-refractivity contribution in [3.63, 3.8) is 0 Å². The summed E-state index contributed by atoms with van der Waals surface area (Å²) in [6.45, 7) is 3.84. The molecule has 0 radical (unpaired) electrons. The first-order valence-corrected chi connectivity index (χ1v) is 6.44. The minimum atomic E-state index is -4.88. The molecule has 0 bridgehead atoms. The van der Waals surface area contributed by atoms with E-state index in [0.717, 1.165) is 6.92 Å². The van der Waals surface area contributed by atoms with Gasteiger partial charge in [-0.3, -0.25) is 14.2 Å². The van der Waals surface area contributed by atoms with Gasteiger partial charge in [0.25, 0.3) is 0 Å². The molecule has 17 heavy (non-hydrogen) atoms. The van der Waals surface area contributed by atoms with Crippen LogP contribution in [-0.4, -0.2) is 37.1 Å². The van der Waals surface area contributed by atoms with E-state index in [1.807, 2.05) is 0 Å². The molecule has 0 spiro atoms. The molecule has 0 aliphatic heterocycles. The molecule has 1 atom stereocenters. The highest BCUT2D eigenvalue weighted by molar-refractivity contribution is 7.54. The van der Waals surface area contributed by atoms with E-state index in [9.17, 15) is 14.2 Å². The van der Waals surface area contributed by atoms with Gasteiger partial charge < -0.3 is 20.0 Å². The molecule has 0 aromatic rings. The molecule has 8 heteroatoms. The zero-order valence-electron chi connectivity index (χ0n) is 9.88. The molecule has 0 aromatic carbocycles. The van der Waals surface area contributed by atoms with Crippen LogP contribution in [0.15, 0.2) is 0 Å². The van der Waals surface area contributed by atoms with Gasteiger partial charge in [-0.15, -0.1) is 0 Å². The van der Waals surface area contributed by atoms with Crippen molar-refractivity contribution in [3.8, 4) is 0 Å². The monoisotopic (exact) mass is 268 g/mol. The highest BCUT2D eigenvalue weighted by Crippen LogP contribution is 2.55. The van der Waals surface area contributed by atoms with Gasteiger partial charge in [-0.05, 0) is 18.8 Å². The summed E-state index contributed by atoms with van der Waals surface area (Å²) < 4.78 is 11.2. The molecule has 4 N–H and O–H groups in total. The summed E-state index contributed by atoms with van der Waals surface area (Å²) in [5.41, 5.74) is -1.03. The Morgan fingerprint density at radius 3 is 1.76 bits per heavy atom. The van der Waals surface area contributed by atoms with Gasteiger partial charge in [-0.1, -0.05) is 13.8 Å². The normalized spacial score (nSPS) is 16.3. The van der Waals surface area contributed by atoms with Crippen molar-refractivity contribution in [2.45, 2.75) is 38.8 Å². The quantitative estimate of drug-likeness (QED) is 0.526. The Bertz CT molecular complexity index is 370. The molecular formula is C9H17O7P. The first kappa shape index (κ1) is 16.1. The van der Waals surface area contributed by atoms with Crippen molar-refractivity contribution >= 4 is 19.5 Å². The van der Waals surface area contributed by atoms with E-state index in [4.69, 9.17) is 20.0 Å². The smallest absolute Gasteiger partial charge is 0.342 e. The van der Waals surface area contributed by atoms with Crippen LogP contribution >= 0.6 is 7.60 Å². The molecule has 0 heterocycles. The maximum absolute atomic E-state index is 11.2. The van der Waals surface area contributed by atoms with Crippen LogP contribution in [0.2, 0.25) is 0 Å². The fourth-order valence-electron chi connectivity index (χ4n) is 1.71. The van der Waals surface area contributed by atoms with Crippen LogP contribution in [0.3, 0.4) is 0 Å². The molecular weight excluding hydrogens is 251 g/mol. The van der Waals surface area contributed by atoms with Crippen molar-refractivity contribution in [2.75, 3.05) is 0 Å². The van der Waals surface area contributed by atoms with Crippen LogP contribution in [0.5, 0.6) is 0 Å². The Labute approximate surface area is 98.6 Å². The molecule has 0 aliphatic rings. The van der Waals surface area contributed by atoms with Crippen molar-refractivity contribution < 1.29 is 34.2 Å². The third kappa shape index (κ3) is 4.11. The SMILES string of the molecule is CC(C)(CC(=O)O)CC(C)(C(=O)O)P(=O)(O)O. The zero-order valence-corrected chi connectivity index (χ0v) is 10.8.